The zero-order valence-corrected chi connectivity index (χ0v) is 7.93. The summed E-state index contributed by atoms with van der Waals surface area (Å²) in [7, 11) is 0. The minimum absolute atomic E-state index is 0.0492. The molecule has 0 spiro atoms. The first-order valence-corrected chi connectivity index (χ1v) is 4.59. The second-order valence-electron chi connectivity index (χ2n) is 4.10. The molecule has 2 N–H and O–H groups in total. The third-order valence-corrected chi connectivity index (χ3v) is 2.61. The zero-order chi connectivity index (χ0) is 8.48. The Bertz CT molecular complexity index is 130. The summed E-state index contributed by atoms with van der Waals surface area (Å²) >= 11 is 0. The maximum absolute atomic E-state index is 6.15. The monoisotopic (exact) mass is 156 g/mol. The summed E-state index contributed by atoms with van der Waals surface area (Å²) in [5.41, 5.74) is 6.10. The third-order valence-electron chi connectivity index (χ3n) is 2.61. The van der Waals surface area contributed by atoms with Crippen LogP contribution in [0.5, 0.6) is 0 Å². The average Bonchev–Trinajstić information content (AvgIpc) is 1.85. The van der Waals surface area contributed by atoms with Gasteiger partial charge in [-0.2, -0.15) is 0 Å². The van der Waals surface area contributed by atoms with Crippen LogP contribution in [0.15, 0.2) is 0 Å². The van der Waals surface area contributed by atoms with Gasteiger partial charge < -0.3 is 5.73 Å². The highest BCUT2D eigenvalue weighted by molar-refractivity contribution is 4.85. The van der Waals surface area contributed by atoms with Gasteiger partial charge in [-0.15, -0.1) is 0 Å². The summed E-state index contributed by atoms with van der Waals surface area (Å²) in [6.45, 7) is 7.75. The first-order chi connectivity index (χ1) is 5.04. The summed E-state index contributed by atoms with van der Waals surface area (Å²) < 4.78 is 0. The van der Waals surface area contributed by atoms with Gasteiger partial charge in [-0.05, 0) is 40.0 Å². The normalized spacial score (nSPS) is 34.6. The van der Waals surface area contributed by atoms with E-state index in [-0.39, 0.29) is 5.66 Å². The molecular weight excluding hydrogens is 136 g/mol. The van der Waals surface area contributed by atoms with Gasteiger partial charge in [0.05, 0.1) is 5.66 Å². The molecular formula is C9H20N2. The summed E-state index contributed by atoms with van der Waals surface area (Å²) in [6, 6.07) is 0.588. The molecule has 0 amide bonds. The van der Waals surface area contributed by atoms with E-state index in [9.17, 15) is 0 Å². The van der Waals surface area contributed by atoms with E-state index in [1.807, 2.05) is 0 Å². The van der Waals surface area contributed by atoms with Gasteiger partial charge in [0.1, 0.15) is 0 Å². The van der Waals surface area contributed by atoms with Gasteiger partial charge >= 0.3 is 0 Å². The molecule has 1 heterocycles. The van der Waals surface area contributed by atoms with Gasteiger partial charge in [-0.25, -0.2) is 0 Å². The van der Waals surface area contributed by atoms with Crippen LogP contribution in [-0.4, -0.2) is 23.1 Å². The lowest BCUT2D eigenvalue weighted by Crippen LogP contribution is -2.58. The Morgan fingerprint density at radius 3 is 2.36 bits per heavy atom. The van der Waals surface area contributed by atoms with E-state index in [0.717, 1.165) is 6.42 Å². The van der Waals surface area contributed by atoms with Crippen molar-refractivity contribution >= 4 is 0 Å². The van der Waals surface area contributed by atoms with E-state index in [1.54, 1.807) is 0 Å². The SMILES string of the molecule is CC(C)N1CCCCC1(C)N. The summed E-state index contributed by atoms with van der Waals surface area (Å²) in [5.74, 6) is 0. The molecule has 1 aliphatic heterocycles. The van der Waals surface area contributed by atoms with Crippen molar-refractivity contribution in [2.24, 2.45) is 5.73 Å². The van der Waals surface area contributed by atoms with Crippen molar-refractivity contribution < 1.29 is 0 Å². The molecule has 2 nitrogen and oxygen atoms in total. The molecule has 0 bridgehead atoms. The van der Waals surface area contributed by atoms with Crippen molar-refractivity contribution in [2.75, 3.05) is 6.54 Å². The Morgan fingerprint density at radius 2 is 2.00 bits per heavy atom. The van der Waals surface area contributed by atoms with Crippen LogP contribution in [0.25, 0.3) is 0 Å². The molecule has 1 atom stereocenters. The van der Waals surface area contributed by atoms with Crippen LogP contribution >= 0.6 is 0 Å². The number of nitrogens with zero attached hydrogens (tertiary/aromatic N) is 1. The lowest BCUT2D eigenvalue weighted by atomic mass is 9.96. The van der Waals surface area contributed by atoms with Crippen molar-refractivity contribution in [3.8, 4) is 0 Å². The van der Waals surface area contributed by atoms with E-state index in [4.69, 9.17) is 5.73 Å². The van der Waals surface area contributed by atoms with Crippen LogP contribution in [-0.2, 0) is 0 Å². The molecule has 0 radical (unpaired) electrons. The largest absolute Gasteiger partial charge is 0.313 e. The van der Waals surface area contributed by atoms with Gasteiger partial charge in [-0.1, -0.05) is 0 Å². The van der Waals surface area contributed by atoms with Crippen LogP contribution in [0, 0.1) is 0 Å². The second-order valence-corrected chi connectivity index (χ2v) is 4.10. The fourth-order valence-corrected chi connectivity index (χ4v) is 2.01. The quantitative estimate of drug-likeness (QED) is 0.624. The van der Waals surface area contributed by atoms with Crippen LogP contribution in [0.1, 0.15) is 40.0 Å². The van der Waals surface area contributed by atoms with Gasteiger partial charge in [0.2, 0.25) is 0 Å². The van der Waals surface area contributed by atoms with Crippen LogP contribution in [0.4, 0.5) is 0 Å². The topological polar surface area (TPSA) is 29.3 Å². The number of hydrogen-bond donors (Lipinski definition) is 1. The Morgan fingerprint density at radius 1 is 1.36 bits per heavy atom. The summed E-state index contributed by atoms with van der Waals surface area (Å²) in [6.07, 6.45) is 3.74. The number of likely N-dealkylation sites (tertiary alicyclic amines) is 1. The standard InChI is InChI=1S/C9H20N2/c1-8(2)11-7-5-4-6-9(11,3)10/h8H,4-7,10H2,1-3H3. The molecule has 0 aromatic heterocycles. The Hall–Kier alpha value is -0.0800. The highest BCUT2D eigenvalue weighted by atomic mass is 15.3. The van der Waals surface area contributed by atoms with Crippen LogP contribution in [0.3, 0.4) is 0 Å². The number of rotatable bonds is 1. The van der Waals surface area contributed by atoms with E-state index in [2.05, 4.69) is 25.7 Å². The lowest BCUT2D eigenvalue weighted by Gasteiger charge is -2.44. The van der Waals surface area contributed by atoms with Gasteiger partial charge in [-0.3, -0.25) is 4.90 Å². The molecule has 1 unspecified atom stereocenters. The molecule has 1 fully saturated rings. The first-order valence-electron chi connectivity index (χ1n) is 4.59. The molecule has 1 aliphatic rings. The second kappa shape index (κ2) is 3.11. The minimum Gasteiger partial charge on any atom is -0.313 e. The number of nitrogens with two attached hydrogens (primary N) is 1. The molecule has 2 heteroatoms. The van der Waals surface area contributed by atoms with Crippen molar-refractivity contribution in [3.63, 3.8) is 0 Å². The van der Waals surface area contributed by atoms with Crippen LogP contribution < -0.4 is 5.73 Å². The Kier molecular flexibility index (Phi) is 2.55. The van der Waals surface area contributed by atoms with E-state index in [0.29, 0.717) is 6.04 Å². The predicted molar refractivity (Wildman–Crippen MR) is 48.3 cm³/mol. The third kappa shape index (κ3) is 1.94. The molecule has 0 aliphatic carbocycles. The van der Waals surface area contributed by atoms with Crippen molar-refractivity contribution in [1.82, 2.24) is 4.90 Å². The molecule has 1 saturated heterocycles. The summed E-state index contributed by atoms with van der Waals surface area (Å²) in [4.78, 5) is 2.40. The molecule has 0 aromatic rings. The molecule has 1 rings (SSSR count). The average molecular weight is 156 g/mol. The highest BCUT2D eigenvalue weighted by Crippen LogP contribution is 2.24. The van der Waals surface area contributed by atoms with Crippen molar-refractivity contribution in [3.05, 3.63) is 0 Å². The number of piperidine rings is 1. The van der Waals surface area contributed by atoms with E-state index >= 15 is 0 Å². The van der Waals surface area contributed by atoms with Crippen molar-refractivity contribution in [2.45, 2.75) is 51.7 Å². The lowest BCUT2D eigenvalue weighted by molar-refractivity contribution is 0.0376. The highest BCUT2D eigenvalue weighted by Gasteiger charge is 2.31. The fraction of sp³-hybridized carbons (Fsp3) is 1.00. The summed E-state index contributed by atoms with van der Waals surface area (Å²) in [5, 5.41) is 0. The van der Waals surface area contributed by atoms with Gasteiger partial charge in [0.25, 0.3) is 0 Å². The van der Waals surface area contributed by atoms with Gasteiger partial charge in [0.15, 0.2) is 0 Å². The first kappa shape index (κ1) is 9.01. The van der Waals surface area contributed by atoms with Crippen molar-refractivity contribution in [1.29, 1.82) is 0 Å². The number of hydrogen-bond acceptors (Lipinski definition) is 2. The molecule has 0 saturated carbocycles. The Labute approximate surface area is 69.8 Å². The zero-order valence-electron chi connectivity index (χ0n) is 7.93. The van der Waals surface area contributed by atoms with Crippen LogP contribution in [0.2, 0.25) is 0 Å². The Balaban J connectivity index is 2.60. The smallest absolute Gasteiger partial charge is 0.0660 e. The molecule has 66 valence electrons. The van der Waals surface area contributed by atoms with E-state index in [1.165, 1.54) is 19.4 Å². The maximum Gasteiger partial charge on any atom is 0.0660 e. The molecule has 0 aromatic carbocycles. The molecule has 11 heavy (non-hydrogen) atoms. The minimum atomic E-state index is -0.0492. The predicted octanol–water partition coefficient (Wildman–Crippen LogP) is 1.56. The van der Waals surface area contributed by atoms with E-state index < -0.39 is 0 Å². The maximum atomic E-state index is 6.15. The fourth-order valence-electron chi connectivity index (χ4n) is 2.01. The van der Waals surface area contributed by atoms with Gasteiger partial charge in [0, 0.05) is 12.6 Å².